The summed E-state index contributed by atoms with van der Waals surface area (Å²) in [7, 11) is 1.27. The molecule has 0 radical (unpaired) electrons. The molecule has 4 aromatic rings. The normalized spacial score (nSPS) is 11.5. The maximum Gasteiger partial charge on any atom is 0.433 e. The number of nitrogens with zero attached hydrogens (tertiary/aromatic N) is 4. The molecule has 11 heteroatoms. The van der Waals surface area contributed by atoms with Crippen LogP contribution in [0.15, 0.2) is 66.0 Å². The van der Waals surface area contributed by atoms with Crippen LogP contribution in [0.1, 0.15) is 5.69 Å². The van der Waals surface area contributed by atoms with Crippen LogP contribution in [0.4, 0.5) is 18.9 Å². The van der Waals surface area contributed by atoms with Crippen LogP contribution in [0.3, 0.4) is 0 Å². The van der Waals surface area contributed by atoms with E-state index in [2.05, 4.69) is 20.4 Å². The van der Waals surface area contributed by atoms with E-state index in [1.54, 1.807) is 36.5 Å². The number of alkyl halides is 3. The largest absolute Gasteiger partial charge is 0.433 e. The lowest BCUT2D eigenvalue weighted by Gasteiger charge is -2.05. The van der Waals surface area contributed by atoms with Crippen molar-refractivity contribution in [3.63, 3.8) is 0 Å². The van der Waals surface area contributed by atoms with E-state index in [0.29, 0.717) is 21.4 Å². The van der Waals surface area contributed by atoms with E-state index in [0.717, 1.165) is 15.6 Å². The number of hydrogen-bond donors (Lipinski definition) is 1. The third-order valence-electron chi connectivity index (χ3n) is 4.30. The molecule has 0 bridgehead atoms. The van der Waals surface area contributed by atoms with E-state index in [4.69, 9.17) is 0 Å². The van der Waals surface area contributed by atoms with Gasteiger partial charge in [-0.3, -0.25) is 9.48 Å². The third kappa shape index (κ3) is 5.17. The van der Waals surface area contributed by atoms with Crippen molar-refractivity contribution in [2.24, 2.45) is 7.05 Å². The molecule has 0 atom stereocenters. The van der Waals surface area contributed by atoms with Gasteiger partial charge in [0.1, 0.15) is 11.4 Å². The fourth-order valence-corrected chi connectivity index (χ4v) is 4.42. The highest BCUT2D eigenvalue weighted by atomic mass is 32.2. The Morgan fingerprint density at radius 2 is 1.81 bits per heavy atom. The van der Waals surface area contributed by atoms with Gasteiger partial charge < -0.3 is 5.32 Å². The topological polar surface area (TPSA) is 72.7 Å². The summed E-state index contributed by atoms with van der Waals surface area (Å²) in [5.74, 6) is -0.0356. The minimum Gasteiger partial charge on any atom is -0.325 e. The van der Waals surface area contributed by atoms with Crippen LogP contribution in [0.5, 0.6) is 0 Å². The van der Waals surface area contributed by atoms with Gasteiger partial charge in [0.15, 0.2) is 5.16 Å². The molecule has 0 fully saturated rings. The molecule has 0 aliphatic rings. The molecule has 1 N–H and O–H groups in total. The molecular formula is C21H16F3N5OS2. The number of carbonyl (C=O) groups excluding carboxylic acids is 1. The fourth-order valence-electron chi connectivity index (χ4n) is 2.86. The van der Waals surface area contributed by atoms with Crippen LogP contribution in [0.25, 0.3) is 21.1 Å². The predicted molar refractivity (Wildman–Crippen MR) is 118 cm³/mol. The summed E-state index contributed by atoms with van der Waals surface area (Å²) >= 11 is 2.48. The van der Waals surface area contributed by atoms with Crippen molar-refractivity contribution in [2.45, 2.75) is 11.3 Å². The molecule has 0 unspecified atom stereocenters. The molecule has 1 aromatic carbocycles. The molecule has 32 heavy (non-hydrogen) atoms. The lowest BCUT2D eigenvalue weighted by Crippen LogP contribution is -2.14. The van der Waals surface area contributed by atoms with Crippen molar-refractivity contribution in [3.05, 3.63) is 66.5 Å². The molecule has 0 aliphatic heterocycles. The second kappa shape index (κ2) is 9.13. The summed E-state index contributed by atoms with van der Waals surface area (Å²) in [6, 6.07) is 15.4. The molecule has 0 saturated carbocycles. The highest BCUT2D eigenvalue weighted by molar-refractivity contribution is 7.99. The molecule has 3 heterocycles. The van der Waals surface area contributed by atoms with Gasteiger partial charge in [-0.1, -0.05) is 30.0 Å². The van der Waals surface area contributed by atoms with Gasteiger partial charge in [-0.2, -0.15) is 18.3 Å². The summed E-state index contributed by atoms with van der Waals surface area (Å²) in [6.07, 6.45) is -2.88. The number of anilines is 1. The van der Waals surface area contributed by atoms with Crippen molar-refractivity contribution in [3.8, 4) is 21.1 Å². The van der Waals surface area contributed by atoms with Crippen LogP contribution in [0.2, 0.25) is 0 Å². The Morgan fingerprint density at radius 1 is 1.09 bits per heavy atom. The number of para-hydroxylation sites is 1. The van der Waals surface area contributed by atoms with Crippen molar-refractivity contribution >= 4 is 34.7 Å². The van der Waals surface area contributed by atoms with E-state index in [9.17, 15) is 18.0 Å². The van der Waals surface area contributed by atoms with Crippen LogP contribution >= 0.6 is 23.1 Å². The average Bonchev–Trinajstić information content (AvgIpc) is 3.40. The van der Waals surface area contributed by atoms with Gasteiger partial charge in [-0.15, -0.1) is 11.3 Å². The minimum absolute atomic E-state index is 0.141. The second-order valence-electron chi connectivity index (χ2n) is 6.63. The Labute approximate surface area is 189 Å². The first-order valence-corrected chi connectivity index (χ1v) is 11.1. The Bertz CT molecular complexity index is 1240. The first kappa shape index (κ1) is 22.0. The zero-order valence-electron chi connectivity index (χ0n) is 16.6. The number of rotatable bonds is 6. The first-order valence-electron chi connectivity index (χ1n) is 9.32. The first-order chi connectivity index (χ1) is 15.3. The van der Waals surface area contributed by atoms with Gasteiger partial charge >= 0.3 is 6.18 Å². The second-order valence-corrected chi connectivity index (χ2v) is 8.65. The summed E-state index contributed by atoms with van der Waals surface area (Å²) < 4.78 is 39.9. The van der Waals surface area contributed by atoms with E-state index in [1.165, 1.54) is 30.1 Å². The smallest absolute Gasteiger partial charge is 0.325 e. The number of carbonyl (C=O) groups is 1. The number of benzene rings is 1. The molecule has 164 valence electrons. The van der Waals surface area contributed by atoms with Gasteiger partial charge in [0, 0.05) is 18.9 Å². The highest BCUT2D eigenvalue weighted by Gasteiger charge is 2.35. The fraction of sp³-hybridized carbons (Fsp3) is 0.143. The monoisotopic (exact) mass is 475 g/mol. The Morgan fingerprint density at radius 3 is 2.50 bits per heavy atom. The number of nitrogens with one attached hydrogen (secondary N) is 1. The minimum atomic E-state index is -4.47. The van der Waals surface area contributed by atoms with Gasteiger partial charge in [-0.25, -0.2) is 9.97 Å². The van der Waals surface area contributed by atoms with Crippen molar-refractivity contribution < 1.29 is 18.0 Å². The van der Waals surface area contributed by atoms with Crippen LogP contribution < -0.4 is 5.32 Å². The predicted octanol–water partition coefficient (Wildman–Crippen LogP) is 5.36. The molecule has 0 aliphatic carbocycles. The molecule has 6 nitrogen and oxygen atoms in total. The molecule has 0 spiro atoms. The molecule has 1 amide bonds. The van der Waals surface area contributed by atoms with Gasteiger partial charge in [0.25, 0.3) is 0 Å². The van der Waals surface area contributed by atoms with Crippen molar-refractivity contribution in [1.82, 2.24) is 19.7 Å². The van der Waals surface area contributed by atoms with Crippen LogP contribution in [-0.2, 0) is 18.0 Å². The van der Waals surface area contributed by atoms with E-state index >= 15 is 0 Å². The Kier molecular flexibility index (Phi) is 6.28. The summed E-state index contributed by atoms with van der Waals surface area (Å²) in [5.41, 5.74) is 0.769. The van der Waals surface area contributed by atoms with Gasteiger partial charge in [0.2, 0.25) is 5.91 Å². The Hall–Kier alpha value is -3.18. The maximum atomic E-state index is 13.0. The number of aromatic nitrogens is 4. The molecule has 4 rings (SSSR count). The lowest BCUT2D eigenvalue weighted by molar-refractivity contribution is -0.143. The SMILES string of the molecule is Cn1nc(-c2ccc(-c3ccnc(SCC(=O)Nc4ccccc4)n3)s2)cc1C(F)(F)F. The van der Waals surface area contributed by atoms with Gasteiger partial charge in [-0.05, 0) is 36.4 Å². The van der Waals surface area contributed by atoms with Crippen LogP contribution in [-0.4, -0.2) is 31.4 Å². The number of hydrogen-bond acceptors (Lipinski definition) is 6. The average molecular weight is 476 g/mol. The number of thioether (sulfide) groups is 1. The number of thiophene rings is 1. The molecule has 3 aromatic heterocycles. The summed E-state index contributed by atoms with van der Waals surface area (Å²) in [6.45, 7) is 0. The maximum absolute atomic E-state index is 13.0. The van der Waals surface area contributed by atoms with Gasteiger partial charge in [0.05, 0.1) is 21.2 Å². The molecular weight excluding hydrogens is 459 g/mol. The van der Waals surface area contributed by atoms with E-state index in [-0.39, 0.29) is 17.4 Å². The quantitative estimate of drug-likeness (QED) is 0.300. The van der Waals surface area contributed by atoms with Crippen molar-refractivity contribution in [2.75, 3.05) is 11.1 Å². The highest BCUT2D eigenvalue weighted by Crippen LogP contribution is 2.36. The van der Waals surface area contributed by atoms with Crippen molar-refractivity contribution in [1.29, 1.82) is 0 Å². The van der Waals surface area contributed by atoms with Crippen LogP contribution in [0, 0.1) is 0 Å². The van der Waals surface area contributed by atoms with E-state index < -0.39 is 11.9 Å². The van der Waals surface area contributed by atoms with E-state index in [1.807, 2.05) is 18.2 Å². The summed E-state index contributed by atoms with van der Waals surface area (Å²) in [5, 5.41) is 7.20. The molecule has 0 saturated heterocycles. The standard InChI is InChI=1S/C21H16F3N5OS2/c1-29-18(21(22,23)24)11-15(28-29)17-8-7-16(32-17)14-9-10-25-20(27-14)31-12-19(30)26-13-5-3-2-4-6-13/h2-11H,12H2,1H3,(H,26,30). The zero-order chi connectivity index (χ0) is 22.7. The number of amides is 1. The lowest BCUT2D eigenvalue weighted by atomic mass is 10.3. The Balaban J connectivity index is 1.45. The zero-order valence-corrected chi connectivity index (χ0v) is 18.3. The third-order valence-corrected chi connectivity index (χ3v) is 6.30. The number of aryl methyl sites for hydroxylation is 1. The summed E-state index contributed by atoms with van der Waals surface area (Å²) in [4.78, 5) is 22.1. The number of halogens is 3.